The van der Waals surface area contributed by atoms with Gasteiger partial charge in [-0.1, -0.05) is 6.58 Å². The minimum Gasteiger partial charge on any atom is -0.748 e. The van der Waals surface area contributed by atoms with E-state index in [0.29, 0.717) is 11.8 Å². The molecule has 1 amide bonds. The summed E-state index contributed by atoms with van der Waals surface area (Å²) >= 11 is 0. The summed E-state index contributed by atoms with van der Waals surface area (Å²) in [7, 11) is 2.60. The molecule has 1 N–H and O–H groups in total. The summed E-state index contributed by atoms with van der Waals surface area (Å²) in [6.45, 7) is 7.20. The Balaban J connectivity index is 0. The van der Waals surface area contributed by atoms with Crippen LogP contribution in [0.15, 0.2) is 12.2 Å². The average molecular weight is 294 g/mol. The van der Waals surface area contributed by atoms with Gasteiger partial charge in [0.25, 0.3) is 0 Å². The highest BCUT2D eigenvalue weighted by molar-refractivity contribution is 7.84. The molecule has 7 heteroatoms. The van der Waals surface area contributed by atoms with Crippen LogP contribution in [0.3, 0.4) is 0 Å². The Morgan fingerprint density at radius 3 is 2.00 bits per heavy atom. The van der Waals surface area contributed by atoms with Crippen LogP contribution in [0.25, 0.3) is 0 Å². The van der Waals surface area contributed by atoms with Crippen molar-refractivity contribution in [1.82, 2.24) is 5.32 Å². The van der Waals surface area contributed by atoms with Crippen molar-refractivity contribution in [2.45, 2.75) is 19.8 Å². The van der Waals surface area contributed by atoms with Crippen molar-refractivity contribution >= 4 is 16.0 Å². The van der Waals surface area contributed by atoms with Gasteiger partial charge in [0.05, 0.1) is 37.8 Å². The number of hydrogen-bond donors (Lipinski definition) is 1. The maximum atomic E-state index is 11.1. The molecule has 0 aromatic heterocycles. The van der Waals surface area contributed by atoms with Gasteiger partial charge in [0, 0.05) is 18.4 Å². The van der Waals surface area contributed by atoms with Gasteiger partial charge in [-0.2, -0.15) is 0 Å². The molecule has 0 heterocycles. The quantitative estimate of drug-likeness (QED) is 0.331. The largest absolute Gasteiger partial charge is 0.748 e. The van der Waals surface area contributed by atoms with E-state index in [9.17, 15) is 4.79 Å². The van der Waals surface area contributed by atoms with E-state index in [1.807, 2.05) is 0 Å². The monoisotopic (exact) mass is 294 g/mol. The summed E-state index contributed by atoms with van der Waals surface area (Å²) in [6.07, 6.45) is 2.78. The van der Waals surface area contributed by atoms with Crippen LogP contribution in [0.2, 0.25) is 0 Å². The van der Waals surface area contributed by atoms with Crippen LogP contribution < -0.4 is 5.32 Å². The summed E-state index contributed by atoms with van der Waals surface area (Å²) < 4.78 is 28.2. The standard InChI is InChI=1S/C11H22N2O.CH4O3S/c1-10(2)11(14)12-8-6-7-9-13(3,4)5;1-5(2,3)4/h1,6-9H2,2-5H3;1H3,(H,2,3,4). The van der Waals surface area contributed by atoms with Gasteiger partial charge in [-0.05, 0) is 19.8 Å². The fraction of sp³-hybridized carbons (Fsp3) is 0.750. The molecule has 6 nitrogen and oxygen atoms in total. The summed E-state index contributed by atoms with van der Waals surface area (Å²) in [5, 5.41) is 2.82. The molecule has 0 saturated carbocycles. The van der Waals surface area contributed by atoms with Gasteiger partial charge in [0.2, 0.25) is 5.91 Å². The van der Waals surface area contributed by atoms with Crippen molar-refractivity contribution in [2.75, 3.05) is 40.5 Å². The second-order valence-electron chi connectivity index (χ2n) is 5.46. The Bertz CT molecular complexity index is 375. The van der Waals surface area contributed by atoms with Gasteiger partial charge >= 0.3 is 0 Å². The van der Waals surface area contributed by atoms with Crippen molar-refractivity contribution < 1.29 is 22.2 Å². The zero-order valence-corrected chi connectivity index (χ0v) is 13.3. The summed E-state index contributed by atoms with van der Waals surface area (Å²) in [4.78, 5) is 11.1. The molecule has 0 aliphatic rings. The topological polar surface area (TPSA) is 86.3 Å². The molecule has 0 aromatic carbocycles. The van der Waals surface area contributed by atoms with Gasteiger partial charge in [0.15, 0.2) is 0 Å². The molecular formula is C12H26N2O4S. The predicted octanol–water partition coefficient (Wildman–Crippen LogP) is 0.327. The van der Waals surface area contributed by atoms with Crippen LogP contribution >= 0.6 is 0 Å². The predicted molar refractivity (Wildman–Crippen MR) is 75.6 cm³/mol. The Kier molecular flexibility index (Phi) is 9.73. The van der Waals surface area contributed by atoms with E-state index in [2.05, 4.69) is 33.0 Å². The Morgan fingerprint density at radius 1 is 1.26 bits per heavy atom. The highest BCUT2D eigenvalue weighted by Gasteiger charge is 2.05. The summed E-state index contributed by atoms with van der Waals surface area (Å²) in [5.74, 6) is -0.0322. The molecular weight excluding hydrogens is 268 g/mol. The first-order valence-electron chi connectivity index (χ1n) is 5.98. The van der Waals surface area contributed by atoms with Crippen LogP contribution in [0, 0.1) is 0 Å². The lowest BCUT2D eigenvalue weighted by atomic mass is 10.2. The maximum absolute atomic E-state index is 11.1. The van der Waals surface area contributed by atoms with Gasteiger partial charge in [-0.15, -0.1) is 0 Å². The summed E-state index contributed by atoms with van der Waals surface area (Å²) in [6, 6.07) is 0. The molecule has 19 heavy (non-hydrogen) atoms. The zero-order valence-electron chi connectivity index (χ0n) is 12.5. The molecule has 0 rings (SSSR count). The Morgan fingerprint density at radius 2 is 1.68 bits per heavy atom. The molecule has 0 aromatic rings. The molecule has 0 unspecified atom stereocenters. The molecule has 0 spiro atoms. The smallest absolute Gasteiger partial charge is 0.246 e. The molecule has 0 aliphatic carbocycles. The number of unbranched alkanes of at least 4 members (excludes halogenated alkanes) is 1. The van der Waals surface area contributed by atoms with E-state index < -0.39 is 10.1 Å². The highest BCUT2D eigenvalue weighted by atomic mass is 32.2. The average Bonchev–Trinajstić information content (AvgIpc) is 2.12. The molecule has 0 saturated heterocycles. The SMILES string of the molecule is C=C(C)C(=O)NCCCC[N+](C)(C)C.CS(=O)(=O)[O-]. The van der Waals surface area contributed by atoms with Gasteiger partial charge < -0.3 is 14.4 Å². The second kappa shape index (κ2) is 9.06. The Labute approximate surface area is 116 Å². The fourth-order valence-electron chi connectivity index (χ4n) is 1.06. The minimum atomic E-state index is -3.92. The number of hydrogen-bond acceptors (Lipinski definition) is 4. The molecule has 0 fully saturated rings. The van der Waals surface area contributed by atoms with Crippen LogP contribution in [-0.2, 0) is 14.9 Å². The molecule has 0 atom stereocenters. The van der Waals surface area contributed by atoms with E-state index in [0.717, 1.165) is 30.4 Å². The number of carbonyl (C=O) groups is 1. The van der Waals surface area contributed by atoms with E-state index >= 15 is 0 Å². The van der Waals surface area contributed by atoms with E-state index in [1.54, 1.807) is 6.92 Å². The Hall–Kier alpha value is -0.920. The van der Waals surface area contributed by atoms with Crippen molar-refractivity contribution in [1.29, 1.82) is 0 Å². The summed E-state index contributed by atoms with van der Waals surface area (Å²) in [5.41, 5.74) is 0.580. The van der Waals surface area contributed by atoms with Gasteiger partial charge in [-0.25, -0.2) is 8.42 Å². The first-order valence-corrected chi connectivity index (χ1v) is 7.79. The van der Waals surface area contributed by atoms with Crippen LogP contribution in [0.1, 0.15) is 19.8 Å². The van der Waals surface area contributed by atoms with Crippen molar-refractivity contribution in [2.24, 2.45) is 0 Å². The van der Waals surface area contributed by atoms with Crippen LogP contribution in [0.4, 0.5) is 0 Å². The van der Waals surface area contributed by atoms with E-state index in [4.69, 9.17) is 13.0 Å². The lowest BCUT2D eigenvalue weighted by Gasteiger charge is -2.23. The second-order valence-corrected chi connectivity index (χ2v) is 6.87. The van der Waals surface area contributed by atoms with E-state index in [-0.39, 0.29) is 5.91 Å². The zero-order chi connectivity index (χ0) is 15.7. The number of rotatable bonds is 6. The number of nitrogens with one attached hydrogen (secondary N) is 1. The lowest BCUT2D eigenvalue weighted by molar-refractivity contribution is -0.870. The molecule has 0 bridgehead atoms. The number of nitrogens with zero attached hydrogens (tertiary/aromatic N) is 1. The molecule has 114 valence electrons. The van der Waals surface area contributed by atoms with Crippen molar-refractivity contribution in [3.05, 3.63) is 12.2 Å². The van der Waals surface area contributed by atoms with E-state index in [1.165, 1.54) is 0 Å². The third-order valence-electron chi connectivity index (χ3n) is 1.93. The van der Waals surface area contributed by atoms with Crippen molar-refractivity contribution in [3.8, 4) is 0 Å². The van der Waals surface area contributed by atoms with Crippen molar-refractivity contribution in [3.63, 3.8) is 0 Å². The maximum Gasteiger partial charge on any atom is 0.246 e. The van der Waals surface area contributed by atoms with Crippen LogP contribution in [-0.4, -0.2) is 63.8 Å². The molecule has 0 radical (unpaired) electrons. The third kappa shape index (κ3) is 26.6. The van der Waals surface area contributed by atoms with Gasteiger partial charge in [-0.3, -0.25) is 4.79 Å². The number of amides is 1. The molecule has 0 aliphatic heterocycles. The van der Waals surface area contributed by atoms with Crippen LogP contribution in [0.5, 0.6) is 0 Å². The first-order chi connectivity index (χ1) is 8.33. The number of carbonyl (C=O) groups excluding carboxylic acids is 1. The van der Waals surface area contributed by atoms with Gasteiger partial charge in [0.1, 0.15) is 0 Å². The third-order valence-corrected chi connectivity index (χ3v) is 1.93. The lowest BCUT2D eigenvalue weighted by Crippen LogP contribution is -2.35. The fourth-order valence-corrected chi connectivity index (χ4v) is 1.06. The number of quaternary nitrogens is 1. The highest BCUT2D eigenvalue weighted by Crippen LogP contribution is 1.96. The minimum absolute atomic E-state index is 0.0322. The first kappa shape index (κ1) is 20.4. The normalized spacial score (nSPS) is 11.3.